The smallest absolute Gasteiger partial charge is 1.00 e. The molecule has 8 heteroatoms. The molecule has 4 N–H and O–H groups in total. The zero-order chi connectivity index (χ0) is 11.4. The molecule has 4 nitrogen and oxygen atoms in total. The molecule has 0 fully saturated rings. The first-order chi connectivity index (χ1) is 6.54. The monoisotopic (exact) mass is 348 g/mol. The Bertz CT molecular complexity index is 213. The zero-order valence-corrected chi connectivity index (χ0v) is 12.5. The second-order valence-electron chi connectivity index (χ2n) is 2.50. The molecule has 0 rings (SSSR count). The van der Waals surface area contributed by atoms with Gasteiger partial charge in [-0.25, -0.2) is 0 Å². The minimum absolute atomic E-state index is 0. The van der Waals surface area contributed by atoms with Crippen LogP contribution in [0.1, 0.15) is 13.8 Å². The summed E-state index contributed by atoms with van der Waals surface area (Å²) >= 11 is 0. The second kappa shape index (κ2) is 29.9. The van der Waals surface area contributed by atoms with Crippen LogP contribution in [0.25, 0.3) is 0 Å². The topological polar surface area (TPSA) is 86.2 Å². The van der Waals surface area contributed by atoms with Crippen molar-refractivity contribution in [3.63, 3.8) is 0 Å². The Labute approximate surface area is 120 Å². The van der Waals surface area contributed by atoms with E-state index in [4.69, 9.17) is 11.5 Å². The first-order valence-corrected chi connectivity index (χ1v) is 4.29. The SMILES string of the molecule is CC(=O)C=CCN.CC(=O)C=CCN.[F-].[F-].[F-].[Nb+3]. The van der Waals surface area contributed by atoms with Crippen molar-refractivity contribution in [3.05, 3.63) is 24.3 Å². The van der Waals surface area contributed by atoms with Gasteiger partial charge in [-0.05, 0) is 26.0 Å². The first-order valence-electron chi connectivity index (χ1n) is 4.29. The largest absolute Gasteiger partial charge is 3.00 e. The Morgan fingerprint density at radius 3 is 1.11 bits per heavy atom. The maximum atomic E-state index is 10.1. The number of nitrogens with two attached hydrogens (primary N) is 2. The van der Waals surface area contributed by atoms with Crippen LogP contribution in [0.5, 0.6) is 0 Å². The molecule has 0 amide bonds. The van der Waals surface area contributed by atoms with Gasteiger partial charge in [-0.3, -0.25) is 9.59 Å². The number of hydrogen-bond donors (Lipinski definition) is 2. The molecular weight excluding hydrogens is 330 g/mol. The molecule has 0 unspecified atom stereocenters. The molecule has 106 valence electrons. The van der Waals surface area contributed by atoms with Crippen LogP contribution >= 0.6 is 0 Å². The van der Waals surface area contributed by atoms with Crippen molar-refractivity contribution >= 4 is 11.6 Å². The second-order valence-corrected chi connectivity index (χ2v) is 2.50. The fourth-order valence-electron chi connectivity index (χ4n) is 0.468. The molecule has 0 heterocycles. The number of carbonyl (C=O) groups is 2. The summed E-state index contributed by atoms with van der Waals surface area (Å²) in [5.41, 5.74) is 10.1. The van der Waals surface area contributed by atoms with Gasteiger partial charge >= 0.3 is 22.4 Å². The molecule has 0 radical (unpaired) electrons. The molecule has 0 bridgehead atoms. The van der Waals surface area contributed by atoms with E-state index in [1.165, 1.54) is 26.0 Å². The molecule has 0 saturated heterocycles. The van der Waals surface area contributed by atoms with Crippen molar-refractivity contribution in [1.82, 2.24) is 0 Å². The summed E-state index contributed by atoms with van der Waals surface area (Å²) in [4.78, 5) is 20.1. The van der Waals surface area contributed by atoms with E-state index >= 15 is 0 Å². The van der Waals surface area contributed by atoms with Crippen LogP contribution in [0, 0.1) is 0 Å². The van der Waals surface area contributed by atoms with Crippen molar-refractivity contribution in [2.45, 2.75) is 13.8 Å². The van der Waals surface area contributed by atoms with Crippen LogP contribution in [-0.4, -0.2) is 24.7 Å². The van der Waals surface area contributed by atoms with Crippen LogP contribution in [0.2, 0.25) is 0 Å². The number of halogens is 3. The van der Waals surface area contributed by atoms with Crippen LogP contribution < -0.4 is 25.6 Å². The van der Waals surface area contributed by atoms with Crippen molar-refractivity contribution in [2.75, 3.05) is 13.1 Å². The van der Waals surface area contributed by atoms with Gasteiger partial charge in [0.2, 0.25) is 0 Å². The fraction of sp³-hybridized carbons (Fsp3) is 0.400. The quantitative estimate of drug-likeness (QED) is 0.390. The Morgan fingerprint density at radius 1 is 0.833 bits per heavy atom. The number of allylic oxidation sites excluding steroid dienone is 2. The average Bonchev–Trinajstić information content (AvgIpc) is 2.12. The summed E-state index contributed by atoms with van der Waals surface area (Å²) in [5, 5.41) is 0. The third-order valence-corrected chi connectivity index (χ3v) is 0.977. The minimum Gasteiger partial charge on any atom is -1.00 e. The predicted octanol–water partition coefficient (Wildman–Crippen LogP) is -8.81. The molecule has 0 aromatic heterocycles. The molecule has 0 atom stereocenters. The van der Waals surface area contributed by atoms with E-state index in [1.807, 2.05) is 0 Å². The molecule has 0 aliphatic carbocycles. The third-order valence-electron chi connectivity index (χ3n) is 0.977. The van der Waals surface area contributed by atoms with E-state index in [0.717, 1.165) is 0 Å². The summed E-state index contributed by atoms with van der Waals surface area (Å²) in [7, 11) is 0. The van der Waals surface area contributed by atoms with Crippen LogP contribution in [0.15, 0.2) is 24.3 Å². The summed E-state index contributed by atoms with van der Waals surface area (Å²) in [5.74, 6) is 0.0934. The fourth-order valence-corrected chi connectivity index (χ4v) is 0.468. The van der Waals surface area contributed by atoms with E-state index in [-0.39, 0.29) is 48.1 Å². The molecule has 0 aromatic carbocycles. The summed E-state index contributed by atoms with van der Waals surface area (Å²) < 4.78 is 0. The summed E-state index contributed by atoms with van der Waals surface area (Å²) in [6.45, 7) is 3.87. The van der Waals surface area contributed by atoms with Gasteiger partial charge in [0.15, 0.2) is 11.6 Å². The van der Waals surface area contributed by atoms with E-state index in [2.05, 4.69) is 0 Å². The van der Waals surface area contributed by atoms with Gasteiger partial charge in [0.25, 0.3) is 0 Å². The van der Waals surface area contributed by atoms with Gasteiger partial charge in [0, 0.05) is 13.1 Å². The first kappa shape index (κ1) is 36.0. The number of ketones is 2. The maximum Gasteiger partial charge on any atom is 3.00 e. The van der Waals surface area contributed by atoms with Gasteiger partial charge in [-0.1, -0.05) is 12.2 Å². The van der Waals surface area contributed by atoms with Crippen molar-refractivity contribution in [3.8, 4) is 0 Å². The molecule has 0 aliphatic heterocycles. The molecule has 0 aliphatic rings. The standard InChI is InChI=1S/2C5H9NO.3FH.Nb/c2*1-5(7)3-2-4-6;;;;/h2*2-3H,4,6H2,1H3;3*1H;/q;;;;;+3/p-3. The van der Waals surface area contributed by atoms with Crippen LogP contribution in [0.3, 0.4) is 0 Å². The van der Waals surface area contributed by atoms with Gasteiger partial charge in [0.1, 0.15) is 0 Å². The number of hydrogen-bond acceptors (Lipinski definition) is 4. The minimum atomic E-state index is 0. The maximum absolute atomic E-state index is 10.1. The normalized spacial score (nSPS) is 7.78. The number of carbonyl (C=O) groups excluding carboxylic acids is 2. The Kier molecular flexibility index (Phi) is 59.7. The molecule has 0 aromatic rings. The van der Waals surface area contributed by atoms with Gasteiger partial charge in [0.05, 0.1) is 0 Å². The number of rotatable bonds is 4. The van der Waals surface area contributed by atoms with Crippen LogP contribution in [-0.2, 0) is 32.0 Å². The molecule has 18 heavy (non-hydrogen) atoms. The Morgan fingerprint density at radius 2 is 1.06 bits per heavy atom. The van der Waals surface area contributed by atoms with Gasteiger partial charge < -0.3 is 25.6 Å². The van der Waals surface area contributed by atoms with E-state index < -0.39 is 0 Å². The van der Waals surface area contributed by atoms with Gasteiger partial charge in [-0.2, -0.15) is 0 Å². The summed E-state index contributed by atoms with van der Waals surface area (Å²) in [6, 6.07) is 0. The van der Waals surface area contributed by atoms with Crippen molar-refractivity contribution in [1.29, 1.82) is 0 Å². The summed E-state index contributed by atoms with van der Waals surface area (Å²) in [6.07, 6.45) is 6.17. The van der Waals surface area contributed by atoms with Gasteiger partial charge in [-0.15, -0.1) is 0 Å². The third kappa shape index (κ3) is 58.8. The van der Waals surface area contributed by atoms with E-state index in [9.17, 15) is 9.59 Å². The zero-order valence-electron chi connectivity index (χ0n) is 10.3. The van der Waals surface area contributed by atoms with Crippen LogP contribution in [0.4, 0.5) is 0 Å². The predicted molar refractivity (Wildman–Crippen MR) is 57.8 cm³/mol. The van der Waals surface area contributed by atoms with Crippen molar-refractivity contribution in [2.24, 2.45) is 11.5 Å². The molecule has 0 saturated carbocycles. The Balaban J connectivity index is -0.0000000327. The Hall–Kier alpha value is -0.730. The molecule has 0 spiro atoms. The molecular formula is C10H18F3N2NbO2. The van der Waals surface area contributed by atoms with E-state index in [0.29, 0.717) is 13.1 Å². The van der Waals surface area contributed by atoms with E-state index in [1.54, 1.807) is 12.2 Å². The average molecular weight is 348 g/mol. The van der Waals surface area contributed by atoms with Crippen molar-refractivity contribution < 1.29 is 46.1 Å².